The summed E-state index contributed by atoms with van der Waals surface area (Å²) in [6.07, 6.45) is 1.63. The molecule has 1 heterocycles. The number of carbonyl (C=O) groups excluding carboxylic acids is 1. The monoisotopic (exact) mass is 370 g/mol. The molecule has 1 saturated heterocycles. The minimum absolute atomic E-state index is 0.0628. The molecule has 0 aromatic heterocycles. The number of nitrogens with zero attached hydrogens (tertiary/aromatic N) is 1. The highest BCUT2D eigenvalue weighted by Gasteiger charge is 2.25. The summed E-state index contributed by atoms with van der Waals surface area (Å²) in [4.78, 5) is 14.5. The third-order valence-electron chi connectivity index (χ3n) is 4.09. The summed E-state index contributed by atoms with van der Waals surface area (Å²) in [6, 6.07) is 4.19. The summed E-state index contributed by atoms with van der Waals surface area (Å²) in [7, 11) is -2.23. The summed E-state index contributed by atoms with van der Waals surface area (Å²) >= 11 is 0. The Labute approximate surface area is 149 Å². The first kappa shape index (κ1) is 19.7. The number of methoxy groups -OCH3 is 1. The topological polar surface area (TPSA) is 84.9 Å². The number of hydrogen-bond acceptors (Lipinski definition) is 5. The smallest absolute Gasteiger partial charge is 0.257 e. The van der Waals surface area contributed by atoms with E-state index >= 15 is 0 Å². The van der Waals surface area contributed by atoms with Gasteiger partial charge in [-0.3, -0.25) is 4.79 Å². The lowest BCUT2D eigenvalue weighted by atomic mass is 10.1. The first-order valence-electron chi connectivity index (χ1n) is 8.46. The van der Waals surface area contributed by atoms with Crippen LogP contribution in [0.2, 0.25) is 0 Å². The van der Waals surface area contributed by atoms with Crippen molar-refractivity contribution < 1.29 is 22.7 Å². The first-order valence-corrected chi connectivity index (χ1v) is 9.94. The number of benzene rings is 1. The van der Waals surface area contributed by atoms with Gasteiger partial charge < -0.3 is 14.4 Å². The molecule has 25 heavy (non-hydrogen) atoms. The summed E-state index contributed by atoms with van der Waals surface area (Å²) in [5.41, 5.74) is 0.246. The molecule has 1 atom stereocenters. The Morgan fingerprint density at radius 3 is 2.64 bits per heavy atom. The maximum Gasteiger partial charge on any atom is 0.257 e. The Morgan fingerprint density at radius 2 is 2.04 bits per heavy atom. The fourth-order valence-corrected chi connectivity index (χ4v) is 4.09. The van der Waals surface area contributed by atoms with Crippen molar-refractivity contribution >= 4 is 15.9 Å². The quantitative estimate of drug-likeness (QED) is 0.789. The van der Waals surface area contributed by atoms with Gasteiger partial charge in [0.05, 0.1) is 30.8 Å². The van der Waals surface area contributed by atoms with Gasteiger partial charge in [0.2, 0.25) is 10.0 Å². The molecule has 0 bridgehead atoms. The van der Waals surface area contributed by atoms with Crippen molar-refractivity contribution in [3.05, 3.63) is 23.8 Å². The number of sulfonamides is 1. The maximum absolute atomic E-state index is 12.8. The third kappa shape index (κ3) is 4.93. The molecule has 1 fully saturated rings. The van der Waals surface area contributed by atoms with Gasteiger partial charge in [0.25, 0.3) is 5.91 Å². The fraction of sp³-hybridized carbons (Fsp3) is 0.588. The standard InChI is InChI=1S/C17H26N2O5S/c1-4-5-13(2)18-25(21,22)14-6-7-16(23-3)15(12-14)17(20)19-8-10-24-11-9-19/h6-7,12-13,18H,4-5,8-11H2,1-3H3/t13-/m1/s1. The van der Waals surface area contributed by atoms with Gasteiger partial charge in [0.15, 0.2) is 0 Å². The van der Waals surface area contributed by atoms with Gasteiger partial charge in [-0.1, -0.05) is 13.3 Å². The van der Waals surface area contributed by atoms with Crippen molar-refractivity contribution in [3.8, 4) is 5.75 Å². The lowest BCUT2D eigenvalue weighted by Gasteiger charge is -2.27. The molecule has 0 radical (unpaired) electrons. The average Bonchev–Trinajstić information content (AvgIpc) is 2.61. The summed E-state index contributed by atoms with van der Waals surface area (Å²) in [5, 5.41) is 0. The van der Waals surface area contributed by atoms with Crippen molar-refractivity contribution in [3.63, 3.8) is 0 Å². The maximum atomic E-state index is 12.8. The van der Waals surface area contributed by atoms with E-state index in [-0.39, 0.29) is 22.4 Å². The van der Waals surface area contributed by atoms with Crippen LogP contribution in [0.4, 0.5) is 0 Å². The molecule has 0 aliphatic carbocycles. The van der Waals surface area contributed by atoms with Gasteiger partial charge >= 0.3 is 0 Å². The second-order valence-electron chi connectivity index (χ2n) is 6.08. The summed E-state index contributed by atoms with van der Waals surface area (Å²) in [5.74, 6) is 0.107. The summed E-state index contributed by atoms with van der Waals surface area (Å²) in [6.45, 7) is 5.72. The van der Waals surface area contributed by atoms with Crippen LogP contribution in [-0.2, 0) is 14.8 Å². The molecule has 8 heteroatoms. The Hall–Kier alpha value is -1.64. The van der Waals surface area contributed by atoms with Crippen LogP contribution in [0, 0.1) is 0 Å². The van der Waals surface area contributed by atoms with E-state index in [0.717, 1.165) is 12.8 Å². The zero-order chi connectivity index (χ0) is 18.4. The van der Waals surface area contributed by atoms with Crippen LogP contribution in [0.5, 0.6) is 5.75 Å². The molecule has 0 unspecified atom stereocenters. The Bertz CT molecular complexity index is 699. The van der Waals surface area contributed by atoms with E-state index in [9.17, 15) is 13.2 Å². The average molecular weight is 370 g/mol. The third-order valence-corrected chi connectivity index (χ3v) is 5.68. The van der Waals surface area contributed by atoms with Gasteiger partial charge in [0.1, 0.15) is 5.75 Å². The molecule has 0 spiro atoms. The molecular formula is C17H26N2O5S. The number of carbonyl (C=O) groups is 1. The molecule has 1 aliphatic rings. The van der Waals surface area contributed by atoms with Gasteiger partial charge in [0, 0.05) is 19.1 Å². The number of amides is 1. The Balaban J connectivity index is 2.31. The predicted molar refractivity (Wildman–Crippen MR) is 94.4 cm³/mol. The number of hydrogen-bond donors (Lipinski definition) is 1. The van der Waals surface area contributed by atoms with E-state index in [4.69, 9.17) is 9.47 Å². The molecule has 7 nitrogen and oxygen atoms in total. The van der Waals surface area contributed by atoms with Crippen LogP contribution in [0.1, 0.15) is 37.0 Å². The van der Waals surface area contributed by atoms with Crippen LogP contribution in [0.25, 0.3) is 0 Å². The molecule has 0 saturated carbocycles. The molecular weight excluding hydrogens is 344 g/mol. The van der Waals surface area contributed by atoms with Gasteiger partial charge in [-0.05, 0) is 31.5 Å². The first-order chi connectivity index (χ1) is 11.9. The number of nitrogens with one attached hydrogen (secondary N) is 1. The van der Waals surface area contributed by atoms with Crippen LogP contribution < -0.4 is 9.46 Å². The Kier molecular flexibility index (Phi) is 6.80. The molecule has 1 aromatic rings. The van der Waals surface area contributed by atoms with Gasteiger partial charge in [-0.2, -0.15) is 0 Å². The van der Waals surface area contributed by atoms with Crippen LogP contribution >= 0.6 is 0 Å². The normalized spacial score (nSPS) is 16.5. The van der Waals surface area contributed by atoms with E-state index in [2.05, 4.69) is 4.72 Å². The van der Waals surface area contributed by atoms with Gasteiger partial charge in [-0.25, -0.2) is 13.1 Å². The van der Waals surface area contributed by atoms with Crippen molar-refractivity contribution in [1.82, 2.24) is 9.62 Å². The fourth-order valence-electron chi connectivity index (χ4n) is 2.78. The SMILES string of the molecule is CCC[C@@H](C)NS(=O)(=O)c1ccc(OC)c(C(=O)N2CCOCC2)c1. The Morgan fingerprint density at radius 1 is 1.36 bits per heavy atom. The minimum atomic E-state index is -3.69. The molecule has 1 aromatic carbocycles. The highest BCUT2D eigenvalue weighted by molar-refractivity contribution is 7.89. The van der Waals surface area contributed by atoms with Crippen LogP contribution in [0.15, 0.2) is 23.1 Å². The highest BCUT2D eigenvalue weighted by Crippen LogP contribution is 2.24. The lowest BCUT2D eigenvalue weighted by molar-refractivity contribution is 0.0300. The number of rotatable bonds is 7. The van der Waals surface area contributed by atoms with Gasteiger partial charge in [-0.15, -0.1) is 0 Å². The highest BCUT2D eigenvalue weighted by atomic mass is 32.2. The molecule has 1 aliphatic heterocycles. The zero-order valence-electron chi connectivity index (χ0n) is 14.9. The summed E-state index contributed by atoms with van der Waals surface area (Å²) < 4.78 is 38.3. The van der Waals surface area contributed by atoms with Crippen LogP contribution in [0.3, 0.4) is 0 Å². The largest absolute Gasteiger partial charge is 0.496 e. The van der Waals surface area contributed by atoms with Crippen molar-refractivity contribution in [1.29, 1.82) is 0 Å². The van der Waals surface area contributed by atoms with E-state index in [0.29, 0.717) is 32.1 Å². The molecule has 140 valence electrons. The van der Waals surface area contributed by atoms with E-state index in [1.54, 1.807) is 4.90 Å². The molecule has 1 amide bonds. The van der Waals surface area contributed by atoms with Crippen LogP contribution in [-0.4, -0.2) is 58.7 Å². The predicted octanol–water partition coefficient (Wildman–Crippen LogP) is 1.63. The number of morpholine rings is 1. The van der Waals surface area contributed by atoms with E-state index in [1.807, 2.05) is 13.8 Å². The lowest BCUT2D eigenvalue weighted by Crippen LogP contribution is -2.41. The van der Waals surface area contributed by atoms with Crippen molar-refractivity contribution in [2.75, 3.05) is 33.4 Å². The van der Waals surface area contributed by atoms with E-state index in [1.165, 1.54) is 25.3 Å². The second kappa shape index (κ2) is 8.64. The molecule has 1 N–H and O–H groups in total. The van der Waals surface area contributed by atoms with Crippen molar-refractivity contribution in [2.24, 2.45) is 0 Å². The van der Waals surface area contributed by atoms with E-state index < -0.39 is 10.0 Å². The molecule has 2 rings (SSSR count). The zero-order valence-corrected chi connectivity index (χ0v) is 15.8. The second-order valence-corrected chi connectivity index (χ2v) is 7.79. The minimum Gasteiger partial charge on any atom is -0.496 e. The number of ether oxygens (including phenoxy) is 2. The van der Waals surface area contributed by atoms with Crippen molar-refractivity contribution in [2.45, 2.75) is 37.6 Å².